The number of guanidine groups is 1. The third kappa shape index (κ3) is 7.30. The Hall–Kier alpha value is -1.66. The summed E-state index contributed by atoms with van der Waals surface area (Å²) in [6, 6.07) is 5.17. The molecule has 0 aromatic heterocycles. The maximum atomic E-state index is 13.4. The minimum absolute atomic E-state index is 0.164. The van der Waals surface area contributed by atoms with Crippen molar-refractivity contribution in [3.05, 3.63) is 35.1 Å². The van der Waals surface area contributed by atoms with E-state index in [0.29, 0.717) is 12.1 Å². The first-order valence-electron chi connectivity index (χ1n) is 9.76. The van der Waals surface area contributed by atoms with Crippen LogP contribution in [-0.4, -0.2) is 68.6 Å². The molecule has 1 aromatic carbocycles. The first-order valence-corrected chi connectivity index (χ1v) is 9.76. The maximum Gasteiger partial charge on any atom is 0.191 e. The zero-order chi connectivity index (χ0) is 18.8. The van der Waals surface area contributed by atoms with Crippen molar-refractivity contribution in [1.29, 1.82) is 0 Å². The number of halogens is 1. The molecule has 0 aliphatic carbocycles. The second-order valence-electron chi connectivity index (χ2n) is 7.06. The molecule has 2 N–H and O–H groups in total. The van der Waals surface area contributed by atoms with E-state index in [1.807, 2.05) is 6.07 Å². The molecule has 26 heavy (non-hydrogen) atoms. The lowest BCUT2D eigenvalue weighted by atomic mass is 10.1. The minimum Gasteiger partial charge on any atom is -0.357 e. The van der Waals surface area contributed by atoms with Crippen molar-refractivity contribution in [2.75, 3.05) is 52.9 Å². The fourth-order valence-corrected chi connectivity index (χ4v) is 3.15. The van der Waals surface area contributed by atoms with Crippen LogP contribution in [0.5, 0.6) is 0 Å². The van der Waals surface area contributed by atoms with Gasteiger partial charge in [-0.2, -0.15) is 0 Å². The summed E-state index contributed by atoms with van der Waals surface area (Å²) < 4.78 is 13.4. The average molecular weight is 364 g/mol. The molecule has 1 aromatic rings. The van der Waals surface area contributed by atoms with Crippen LogP contribution in [-0.2, 0) is 6.54 Å². The van der Waals surface area contributed by atoms with Crippen molar-refractivity contribution in [2.45, 2.75) is 33.2 Å². The first kappa shape index (κ1) is 20.6. The largest absolute Gasteiger partial charge is 0.357 e. The number of aliphatic imine (C=N–C) groups is 1. The second-order valence-corrected chi connectivity index (χ2v) is 7.06. The Morgan fingerprint density at radius 1 is 1.19 bits per heavy atom. The third-order valence-electron chi connectivity index (χ3n) is 4.74. The van der Waals surface area contributed by atoms with Gasteiger partial charge in [-0.15, -0.1) is 0 Å². The van der Waals surface area contributed by atoms with Crippen LogP contribution in [0.4, 0.5) is 4.39 Å². The highest BCUT2D eigenvalue weighted by Crippen LogP contribution is 2.10. The molecule has 0 atom stereocenters. The molecule has 1 fully saturated rings. The van der Waals surface area contributed by atoms with Gasteiger partial charge in [-0.05, 0) is 70.6 Å². The quantitative estimate of drug-likeness (QED) is 0.443. The molecule has 0 radical (unpaired) electrons. The van der Waals surface area contributed by atoms with E-state index in [4.69, 9.17) is 0 Å². The van der Waals surface area contributed by atoms with E-state index in [2.05, 4.69) is 39.4 Å². The minimum atomic E-state index is -0.164. The molecule has 0 unspecified atom stereocenters. The predicted molar refractivity (Wildman–Crippen MR) is 107 cm³/mol. The van der Waals surface area contributed by atoms with Crippen LogP contribution in [0.2, 0.25) is 0 Å². The van der Waals surface area contributed by atoms with Gasteiger partial charge in [0.2, 0.25) is 0 Å². The molecule has 146 valence electrons. The molecule has 1 saturated heterocycles. The Bertz CT molecular complexity index is 575. The number of likely N-dealkylation sites (N-methyl/N-ethyl adjacent to an activating group) is 1. The number of hydrogen-bond donors (Lipinski definition) is 2. The van der Waals surface area contributed by atoms with Crippen molar-refractivity contribution in [3.8, 4) is 0 Å². The van der Waals surface area contributed by atoms with Crippen molar-refractivity contribution in [1.82, 2.24) is 20.4 Å². The number of nitrogens with one attached hydrogen (secondary N) is 2. The molecule has 1 heterocycles. The van der Waals surface area contributed by atoms with Gasteiger partial charge < -0.3 is 20.4 Å². The SMILES string of the molecule is CCNC(=NCc1ccc(F)c(C)c1)NCCCN1CCCN(C)CC1. The average Bonchev–Trinajstić information content (AvgIpc) is 2.83. The molecular formula is C20H34FN5. The second kappa shape index (κ2) is 11.1. The summed E-state index contributed by atoms with van der Waals surface area (Å²) in [5, 5.41) is 6.69. The molecule has 0 saturated carbocycles. The molecule has 5 nitrogen and oxygen atoms in total. The molecular weight excluding hydrogens is 329 g/mol. The lowest BCUT2D eigenvalue weighted by Gasteiger charge is -2.20. The lowest BCUT2D eigenvalue weighted by Crippen LogP contribution is -2.39. The van der Waals surface area contributed by atoms with E-state index in [9.17, 15) is 4.39 Å². The zero-order valence-electron chi connectivity index (χ0n) is 16.5. The molecule has 2 rings (SSSR count). The highest BCUT2D eigenvalue weighted by atomic mass is 19.1. The van der Waals surface area contributed by atoms with Crippen LogP contribution >= 0.6 is 0 Å². The molecule has 0 amide bonds. The van der Waals surface area contributed by atoms with Crippen molar-refractivity contribution in [2.24, 2.45) is 4.99 Å². The van der Waals surface area contributed by atoms with Crippen molar-refractivity contribution < 1.29 is 4.39 Å². The van der Waals surface area contributed by atoms with Gasteiger partial charge in [0.05, 0.1) is 6.54 Å². The Morgan fingerprint density at radius 3 is 2.81 bits per heavy atom. The van der Waals surface area contributed by atoms with Gasteiger partial charge in [-0.25, -0.2) is 9.38 Å². The Kier molecular flexibility index (Phi) is 8.85. The summed E-state index contributed by atoms with van der Waals surface area (Å²) in [7, 11) is 2.20. The zero-order valence-corrected chi connectivity index (χ0v) is 16.5. The molecule has 0 spiro atoms. The van der Waals surface area contributed by atoms with Crippen molar-refractivity contribution in [3.63, 3.8) is 0 Å². The van der Waals surface area contributed by atoms with Crippen LogP contribution in [0.15, 0.2) is 23.2 Å². The number of nitrogens with zero attached hydrogens (tertiary/aromatic N) is 3. The number of hydrogen-bond acceptors (Lipinski definition) is 3. The van der Waals surface area contributed by atoms with Crippen LogP contribution in [0, 0.1) is 12.7 Å². The monoisotopic (exact) mass is 363 g/mol. The lowest BCUT2D eigenvalue weighted by molar-refractivity contribution is 0.274. The van der Waals surface area contributed by atoms with E-state index >= 15 is 0 Å². The van der Waals surface area contributed by atoms with Crippen LogP contribution in [0.3, 0.4) is 0 Å². The van der Waals surface area contributed by atoms with E-state index in [1.54, 1.807) is 13.0 Å². The van der Waals surface area contributed by atoms with Gasteiger partial charge in [0.15, 0.2) is 5.96 Å². The molecule has 1 aliphatic heterocycles. The summed E-state index contributed by atoms with van der Waals surface area (Å²) in [4.78, 5) is 9.58. The summed E-state index contributed by atoms with van der Waals surface area (Å²) in [5.74, 6) is 0.660. The number of benzene rings is 1. The van der Waals surface area contributed by atoms with Crippen LogP contribution < -0.4 is 10.6 Å². The van der Waals surface area contributed by atoms with Gasteiger partial charge in [0.25, 0.3) is 0 Å². The summed E-state index contributed by atoms with van der Waals surface area (Å²) in [6.45, 7) is 12.0. The van der Waals surface area contributed by atoms with Gasteiger partial charge in [-0.1, -0.05) is 12.1 Å². The standard InChI is InChI=1S/C20H34FN5/c1-4-22-20(24-16-18-7-8-19(21)17(2)15-18)23-9-5-11-26-12-6-10-25(3)13-14-26/h7-8,15H,4-6,9-14,16H2,1-3H3,(H2,22,23,24). The Balaban J connectivity index is 1.75. The van der Waals surface area contributed by atoms with Crippen LogP contribution in [0.25, 0.3) is 0 Å². The highest BCUT2D eigenvalue weighted by Gasteiger charge is 2.11. The fraction of sp³-hybridized carbons (Fsp3) is 0.650. The van der Waals surface area contributed by atoms with E-state index < -0.39 is 0 Å². The third-order valence-corrected chi connectivity index (χ3v) is 4.74. The fourth-order valence-electron chi connectivity index (χ4n) is 3.15. The Labute approximate surface area is 157 Å². The number of aryl methyl sites for hydroxylation is 1. The summed E-state index contributed by atoms with van der Waals surface area (Å²) in [5.41, 5.74) is 1.69. The molecule has 1 aliphatic rings. The van der Waals surface area contributed by atoms with Gasteiger partial charge >= 0.3 is 0 Å². The molecule has 0 bridgehead atoms. The van der Waals surface area contributed by atoms with Gasteiger partial charge in [-0.3, -0.25) is 0 Å². The summed E-state index contributed by atoms with van der Waals surface area (Å²) in [6.07, 6.45) is 2.36. The van der Waals surface area contributed by atoms with Gasteiger partial charge in [0.1, 0.15) is 5.82 Å². The van der Waals surface area contributed by atoms with Gasteiger partial charge in [0, 0.05) is 26.2 Å². The normalized spacial score (nSPS) is 17.2. The van der Waals surface area contributed by atoms with E-state index in [-0.39, 0.29) is 5.82 Å². The Morgan fingerprint density at radius 2 is 2.04 bits per heavy atom. The van der Waals surface area contributed by atoms with E-state index in [0.717, 1.165) is 50.7 Å². The molecule has 6 heteroatoms. The smallest absolute Gasteiger partial charge is 0.191 e. The van der Waals surface area contributed by atoms with Crippen LogP contribution in [0.1, 0.15) is 30.9 Å². The highest BCUT2D eigenvalue weighted by molar-refractivity contribution is 5.79. The number of rotatable bonds is 7. The maximum absolute atomic E-state index is 13.4. The topological polar surface area (TPSA) is 42.9 Å². The van der Waals surface area contributed by atoms with Crippen molar-refractivity contribution >= 4 is 5.96 Å². The van der Waals surface area contributed by atoms with E-state index in [1.165, 1.54) is 25.6 Å². The summed E-state index contributed by atoms with van der Waals surface area (Å²) >= 11 is 0. The first-order chi connectivity index (χ1) is 12.6. The predicted octanol–water partition coefficient (Wildman–Crippen LogP) is 2.22.